The van der Waals surface area contributed by atoms with Gasteiger partial charge in [0.2, 0.25) is 10.0 Å². The van der Waals surface area contributed by atoms with Crippen molar-refractivity contribution in [2.24, 2.45) is 5.73 Å². The topological polar surface area (TPSA) is 75.4 Å². The third-order valence-electron chi connectivity index (χ3n) is 3.57. The molecule has 1 aromatic carbocycles. The molecule has 0 aromatic heterocycles. The van der Waals surface area contributed by atoms with Crippen LogP contribution < -0.4 is 10.5 Å². The summed E-state index contributed by atoms with van der Waals surface area (Å²) in [5.74, 6) is 0.0111. The molecule has 1 saturated heterocycles. The summed E-state index contributed by atoms with van der Waals surface area (Å²) in [7, 11) is -3.20. The summed E-state index contributed by atoms with van der Waals surface area (Å²) in [4.78, 5) is 2.36. The van der Waals surface area contributed by atoms with Gasteiger partial charge in [-0.25, -0.2) is 13.1 Å². The van der Waals surface area contributed by atoms with E-state index in [2.05, 4.69) is 21.8 Å². The fourth-order valence-electron chi connectivity index (χ4n) is 2.52. The van der Waals surface area contributed by atoms with Crippen LogP contribution in [0.15, 0.2) is 30.3 Å². The van der Waals surface area contributed by atoms with Gasteiger partial charge >= 0.3 is 0 Å². The Kier molecular flexibility index (Phi) is 5.54. The van der Waals surface area contributed by atoms with Crippen LogP contribution in [0.5, 0.6) is 0 Å². The van der Waals surface area contributed by atoms with Crippen LogP contribution >= 0.6 is 0 Å². The monoisotopic (exact) mass is 297 g/mol. The fraction of sp³-hybridized carbons (Fsp3) is 0.571. The molecule has 1 aliphatic rings. The average molecular weight is 297 g/mol. The van der Waals surface area contributed by atoms with E-state index in [9.17, 15) is 8.42 Å². The van der Waals surface area contributed by atoms with Crippen LogP contribution in [0.1, 0.15) is 18.4 Å². The van der Waals surface area contributed by atoms with Crippen molar-refractivity contribution in [3.63, 3.8) is 0 Å². The Hall–Kier alpha value is -0.950. The van der Waals surface area contributed by atoms with Gasteiger partial charge in [0.05, 0.1) is 5.75 Å². The number of hydrogen-bond acceptors (Lipinski definition) is 4. The predicted octanol–water partition coefficient (Wildman–Crippen LogP) is 0.529. The summed E-state index contributed by atoms with van der Waals surface area (Å²) >= 11 is 0. The van der Waals surface area contributed by atoms with E-state index in [-0.39, 0.29) is 18.3 Å². The zero-order valence-electron chi connectivity index (χ0n) is 11.7. The van der Waals surface area contributed by atoms with Crippen molar-refractivity contribution in [1.82, 2.24) is 9.62 Å². The van der Waals surface area contributed by atoms with Crippen molar-refractivity contribution in [2.45, 2.75) is 25.4 Å². The Morgan fingerprint density at radius 2 is 1.85 bits per heavy atom. The Balaban J connectivity index is 1.78. The summed E-state index contributed by atoms with van der Waals surface area (Å²) in [6, 6.07) is 10.4. The summed E-state index contributed by atoms with van der Waals surface area (Å²) in [5.41, 5.74) is 6.60. The van der Waals surface area contributed by atoms with E-state index in [1.807, 2.05) is 18.2 Å². The molecule has 1 aliphatic heterocycles. The van der Waals surface area contributed by atoms with Gasteiger partial charge in [-0.3, -0.25) is 4.90 Å². The van der Waals surface area contributed by atoms with Gasteiger partial charge in [-0.05, 0) is 18.4 Å². The molecule has 0 saturated carbocycles. The van der Waals surface area contributed by atoms with Crippen molar-refractivity contribution >= 4 is 10.0 Å². The molecule has 5 nitrogen and oxygen atoms in total. The van der Waals surface area contributed by atoms with Gasteiger partial charge in [0, 0.05) is 32.2 Å². The first-order chi connectivity index (χ1) is 9.59. The van der Waals surface area contributed by atoms with E-state index in [1.165, 1.54) is 5.56 Å². The molecule has 112 valence electrons. The standard InChI is InChI=1S/C14H23N3O2S/c15-8-11-20(18,19)16-14-6-9-17(10-7-14)12-13-4-2-1-3-5-13/h1-5,14,16H,6-12,15H2. The number of nitrogens with two attached hydrogens (primary N) is 1. The lowest BCUT2D eigenvalue weighted by Gasteiger charge is -2.32. The summed E-state index contributed by atoms with van der Waals surface area (Å²) in [5, 5.41) is 0. The predicted molar refractivity (Wildman–Crippen MR) is 80.7 cm³/mol. The SMILES string of the molecule is NCCS(=O)(=O)NC1CCN(Cc2ccccc2)CC1. The Morgan fingerprint density at radius 3 is 2.45 bits per heavy atom. The maximum atomic E-state index is 11.7. The summed E-state index contributed by atoms with van der Waals surface area (Å²) in [6.07, 6.45) is 1.72. The molecule has 0 amide bonds. The lowest BCUT2D eigenvalue weighted by molar-refractivity contribution is 0.200. The van der Waals surface area contributed by atoms with Crippen LogP contribution in [0.25, 0.3) is 0 Å². The molecule has 20 heavy (non-hydrogen) atoms. The molecule has 1 fully saturated rings. The van der Waals surface area contributed by atoms with Crippen molar-refractivity contribution in [3.8, 4) is 0 Å². The molecule has 0 atom stereocenters. The largest absolute Gasteiger partial charge is 0.329 e. The molecule has 0 unspecified atom stereocenters. The van der Waals surface area contributed by atoms with Gasteiger partial charge in [0.15, 0.2) is 0 Å². The van der Waals surface area contributed by atoms with E-state index in [0.29, 0.717) is 0 Å². The number of benzene rings is 1. The highest BCUT2D eigenvalue weighted by Crippen LogP contribution is 2.14. The van der Waals surface area contributed by atoms with Crippen LogP contribution in [0.3, 0.4) is 0 Å². The van der Waals surface area contributed by atoms with Gasteiger partial charge in [-0.2, -0.15) is 0 Å². The third-order valence-corrected chi connectivity index (χ3v) is 5.03. The Bertz CT molecular complexity index is 496. The number of nitrogens with zero attached hydrogens (tertiary/aromatic N) is 1. The van der Waals surface area contributed by atoms with E-state index in [0.717, 1.165) is 32.5 Å². The number of nitrogens with one attached hydrogen (secondary N) is 1. The van der Waals surface area contributed by atoms with E-state index >= 15 is 0 Å². The first kappa shape index (κ1) is 15.4. The molecule has 0 bridgehead atoms. The minimum absolute atomic E-state index is 0.0111. The molecule has 0 radical (unpaired) electrons. The minimum atomic E-state index is -3.20. The fourth-order valence-corrected chi connectivity index (χ4v) is 3.69. The molecule has 6 heteroatoms. The van der Waals surface area contributed by atoms with Crippen molar-refractivity contribution in [2.75, 3.05) is 25.4 Å². The smallest absolute Gasteiger partial charge is 0.213 e. The van der Waals surface area contributed by atoms with Crippen LogP contribution in [-0.2, 0) is 16.6 Å². The van der Waals surface area contributed by atoms with E-state index < -0.39 is 10.0 Å². The van der Waals surface area contributed by atoms with Gasteiger partial charge < -0.3 is 5.73 Å². The second-order valence-electron chi connectivity index (χ2n) is 5.26. The number of piperidine rings is 1. The molecule has 2 rings (SSSR count). The van der Waals surface area contributed by atoms with E-state index in [4.69, 9.17) is 5.73 Å². The van der Waals surface area contributed by atoms with Gasteiger partial charge in [-0.1, -0.05) is 30.3 Å². The van der Waals surface area contributed by atoms with Crippen molar-refractivity contribution < 1.29 is 8.42 Å². The van der Waals surface area contributed by atoms with Gasteiger partial charge in [-0.15, -0.1) is 0 Å². The average Bonchev–Trinajstić information content (AvgIpc) is 2.42. The molecular formula is C14H23N3O2S. The quantitative estimate of drug-likeness (QED) is 0.803. The molecule has 0 spiro atoms. The van der Waals surface area contributed by atoms with Gasteiger partial charge in [0.1, 0.15) is 0 Å². The molecule has 1 aromatic rings. The lowest BCUT2D eigenvalue weighted by atomic mass is 10.1. The van der Waals surface area contributed by atoms with Crippen LogP contribution in [0.2, 0.25) is 0 Å². The normalized spacial score (nSPS) is 18.2. The Labute approximate surface area is 121 Å². The zero-order valence-corrected chi connectivity index (χ0v) is 12.5. The van der Waals surface area contributed by atoms with Crippen molar-refractivity contribution in [3.05, 3.63) is 35.9 Å². The second-order valence-corrected chi connectivity index (χ2v) is 7.13. The number of rotatable bonds is 6. The Morgan fingerprint density at radius 1 is 1.20 bits per heavy atom. The molecular weight excluding hydrogens is 274 g/mol. The highest BCUT2D eigenvalue weighted by Gasteiger charge is 2.22. The first-order valence-corrected chi connectivity index (χ1v) is 8.70. The third kappa shape index (κ3) is 4.86. The first-order valence-electron chi connectivity index (χ1n) is 7.05. The number of hydrogen-bond donors (Lipinski definition) is 2. The van der Waals surface area contributed by atoms with Crippen LogP contribution in [0.4, 0.5) is 0 Å². The van der Waals surface area contributed by atoms with Crippen LogP contribution in [0, 0.1) is 0 Å². The van der Waals surface area contributed by atoms with E-state index in [1.54, 1.807) is 0 Å². The maximum absolute atomic E-state index is 11.7. The summed E-state index contributed by atoms with van der Waals surface area (Å²) < 4.78 is 26.1. The molecule has 0 aliphatic carbocycles. The summed E-state index contributed by atoms with van der Waals surface area (Å²) in [6.45, 7) is 2.95. The minimum Gasteiger partial charge on any atom is -0.329 e. The van der Waals surface area contributed by atoms with Gasteiger partial charge in [0.25, 0.3) is 0 Å². The molecule has 3 N–H and O–H groups in total. The zero-order chi connectivity index (χ0) is 14.4. The molecule has 1 heterocycles. The van der Waals surface area contributed by atoms with Crippen LogP contribution in [-0.4, -0.2) is 44.7 Å². The number of likely N-dealkylation sites (tertiary alicyclic amines) is 1. The highest BCUT2D eigenvalue weighted by atomic mass is 32.2. The number of sulfonamides is 1. The lowest BCUT2D eigenvalue weighted by Crippen LogP contribution is -2.45. The highest BCUT2D eigenvalue weighted by molar-refractivity contribution is 7.89. The van der Waals surface area contributed by atoms with Crippen molar-refractivity contribution in [1.29, 1.82) is 0 Å². The second kappa shape index (κ2) is 7.17. The maximum Gasteiger partial charge on any atom is 0.213 e.